The maximum absolute atomic E-state index is 12.5. The Kier molecular flexibility index (Phi) is 6.52. The highest BCUT2D eigenvalue weighted by molar-refractivity contribution is 6.00. The zero-order chi connectivity index (χ0) is 21.7. The molecule has 0 saturated carbocycles. The number of phenols is 2. The van der Waals surface area contributed by atoms with E-state index >= 15 is 0 Å². The van der Waals surface area contributed by atoms with Gasteiger partial charge in [0.05, 0.1) is 17.5 Å². The van der Waals surface area contributed by atoms with Crippen LogP contribution in [0.5, 0.6) is 11.5 Å². The largest absolute Gasteiger partial charge is 0.508 e. The summed E-state index contributed by atoms with van der Waals surface area (Å²) < 4.78 is 5.43. The molecule has 4 rings (SSSR count). The second-order valence-corrected chi connectivity index (χ2v) is 7.18. The third kappa shape index (κ3) is 4.69. The molecule has 0 radical (unpaired) electrons. The Balaban J connectivity index is 0.000000806. The summed E-state index contributed by atoms with van der Waals surface area (Å²) in [6.07, 6.45) is 4.82. The molecule has 154 valence electrons. The SMILES string of the molecule is CCC.Cc1cc(-c2cc3occc3cn2)ccc1CC(=O)c1ccc(O)cc1O. The summed E-state index contributed by atoms with van der Waals surface area (Å²) in [7, 11) is 0. The number of ketones is 1. The summed E-state index contributed by atoms with van der Waals surface area (Å²) in [5.74, 6) is -0.505. The van der Waals surface area contributed by atoms with Crippen LogP contribution in [0.15, 0.2) is 65.4 Å². The third-order valence-corrected chi connectivity index (χ3v) is 4.61. The van der Waals surface area contributed by atoms with E-state index in [4.69, 9.17) is 4.42 Å². The number of furan rings is 1. The van der Waals surface area contributed by atoms with Crippen LogP contribution in [0.25, 0.3) is 22.2 Å². The van der Waals surface area contributed by atoms with E-state index in [2.05, 4.69) is 18.8 Å². The van der Waals surface area contributed by atoms with Gasteiger partial charge in [-0.2, -0.15) is 0 Å². The minimum Gasteiger partial charge on any atom is -0.508 e. The molecule has 0 aliphatic carbocycles. The second kappa shape index (κ2) is 9.27. The summed E-state index contributed by atoms with van der Waals surface area (Å²) >= 11 is 0. The second-order valence-electron chi connectivity index (χ2n) is 7.18. The molecule has 2 heterocycles. The van der Waals surface area contributed by atoms with Crippen molar-refractivity contribution in [3.63, 3.8) is 0 Å². The van der Waals surface area contributed by atoms with Gasteiger partial charge in [0.1, 0.15) is 17.1 Å². The van der Waals surface area contributed by atoms with E-state index in [0.717, 1.165) is 33.4 Å². The number of pyridine rings is 1. The normalized spacial score (nSPS) is 10.5. The number of aryl methyl sites for hydroxylation is 1. The zero-order valence-electron chi connectivity index (χ0n) is 17.3. The van der Waals surface area contributed by atoms with Crippen LogP contribution in [0.4, 0.5) is 0 Å². The van der Waals surface area contributed by atoms with Crippen LogP contribution in [0.2, 0.25) is 0 Å². The minimum absolute atomic E-state index is 0.0781. The average molecular weight is 403 g/mol. The molecule has 0 atom stereocenters. The smallest absolute Gasteiger partial charge is 0.170 e. The topological polar surface area (TPSA) is 83.6 Å². The van der Waals surface area contributed by atoms with Crippen LogP contribution in [0, 0.1) is 6.92 Å². The number of fused-ring (bicyclic) bond motifs is 1. The average Bonchev–Trinajstić information content (AvgIpc) is 3.18. The van der Waals surface area contributed by atoms with Gasteiger partial charge in [0.2, 0.25) is 0 Å². The summed E-state index contributed by atoms with van der Waals surface area (Å²) in [6.45, 7) is 6.19. The van der Waals surface area contributed by atoms with E-state index in [1.54, 1.807) is 12.5 Å². The molecule has 0 unspecified atom stereocenters. The van der Waals surface area contributed by atoms with Gasteiger partial charge in [-0.05, 0) is 42.3 Å². The first-order valence-corrected chi connectivity index (χ1v) is 9.91. The highest BCUT2D eigenvalue weighted by Gasteiger charge is 2.14. The van der Waals surface area contributed by atoms with Crippen LogP contribution < -0.4 is 0 Å². The van der Waals surface area contributed by atoms with Crippen molar-refractivity contribution in [1.82, 2.24) is 4.98 Å². The zero-order valence-corrected chi connectivity index (χ0v) is 17.3. The first kappa shape index (κ1) is 21.1. The Morgan fingerprint density at radius 2 is 1.80 bits per heavy atom. The van der Waals surface area contributed by atoms with Crippen molar-refractivity contribution >= 4 is 16.8 Å². The number of nitrogens with zero attached hydrogens (tertiary/aromatic N) is 1. The van der Waals surface area contributed by atoms with E-state index in [1.807, 2.05) is 37.3 Å². The quantitative estimate of drug-likeness (QED) is 0.405. The van der Waals surface area contributed by atoms with E-state index < -0.39 is 0 Å². The van der Waals surface area contributed by atoms with E-state index in [9.17, 15) is 15.0 Å². The van der Waals surface area contributed by atoms with Crippen molar-refractivity contribution in [3.8, 4) is 22.8 Å². The molecule has 0 bridgehead atoms. The lowest BCUT2D eigenvalue weighted by molar-refractivity contribution is 0.0990. The van der Waals surface area contributed by atoms with Crippen LogP contribution in [-0.2, 0) is 6.42 Å². The number of carbonyl (C=O) groups excluding carboxylic acids is 1. The highest BCUT2D eigenvalue weighted by atomic mass is 16.3. The first-order chi connectivity index (χ1) is 14.4. The molecular formula is C25H25NO4. The van der Waals surface area contributed by atoms with Gasteiger partial charge >= 0.3 is 0 Å². The van der Waals surface area contributed by atoms with Gasteiger partial charge in [0, 0.05) is 35.7 Å². The van der Waals surface area contributed by atoms with E-state index in [-0.39, 0.29) is 29.3 Å². The van der Waals surface area contributed by atoms with Crippen molar-refractivity contribution in [3.05, 3.63) is 77.7 Å². The Labute approximate surface area is 175 Å². The maximum Gasteiger partial charge on any atom is 0.170 e. The number of phenolic OH excluding ortho intramolecular Hbond substituents is 2. The summed E-state index contributed by atoms with van der Waals surface area (Å²) in [4.78, 5) is 17.0. The summed E-state index contributed by atoms with van der Waals surface area (Å²) in [5.41, 5.74) is 4.54. The van der Waals surface area contributed by atoms with Crippen LogP contribution in [-0.4, -0.2) is 21.0 Å². The Morgan fingerprint density at radius 1 is 1.03 bits per heavy atom. The summed E-state index contributed by atoms with van der Waals surface area (Å²) in [6, 6.07) is 13.5. The van der Waals surface area contributed by atoms with Crippen LogP contribution >= 0.6 is 0 Å². The number of hydrogen-bond acceptors (Lipinski definition) is 5. The van der Waals surface area contributed by atoms with Crippen molar-refractivity contribution in [2.24, 2.45) is 0 Å². The number of carbonyl (C=O) groups is 1. The van der Waals surface area contributed by atoms with Gasteiger partial charge in [0.15, 0.2) is 5.78 Å². The molecule has 0 fully saturated rings. The fourth-order valence-corrected chi connectivity index (χ4v) is 3.09. The van der Waals surface area contributed by atoms with Gasteiger partial charge in [-0.3, -0.25) is 9.78 Å². The lowest BCUT2D eigenvalue weighted by Gasteiger charge is -2.09. The fourth-order valence-electron chi connectivity index (χ4n) is 3.09. The highest BCUT2D eigenvalue weighted by Crippen LogP contribution is 2.27. The van der Waals surface area contributed by atoms with Gasteiger partial charge in [-0.1, -0.05) is 32.4 Å². The van der Waals surface area contributed by atoms with Gasteiger partial charge in [-0.15, -0.1) is 0 Å². The molecule has 2 N–H and O–H groups in total. The lowest BCUT2D eigenvalue weighted by Crippen LogP contribution is -2.05. The molecule has 0 aliphatic rings. The molecule has 0 aliphatic heterocycles. The van der Waals surface area contributed by atoms with Crippen molar-refractivity contribution in [1.29, 1.82) is 0 Å². The predicted molar refractivity (Wildman–Crippen MR) is 118 cm³/mol. The standard InChI is InChI=1S/C22H17NO4.C3H8/c1-13-8-15(19-11-22-16(12-23-19)6-7-27-22)3-2-14(13)9-20(25)18-5-4-17(24)10-21(18)26;1-3-2/h2-8,10-12,24,26H,9H2,1H3;3H2,1-2H3. The minimum atomic E-state index is -0.217. The van der Waals surface area contributed by atoms with Crippen molar-refractivity contribution in [2.45, 2.75) is 33.6 Å². The Bertz CT molecular complexity index is 1180. The number of benzene rings is 2. The molecular weight excluding hydrogens is 378 g/mol. The fraction of sp³-hybridized carbons (Fsp3) is 0.200. The Morgan fingerprint density at radius 3 is 2.50 bits per heavy atom. The first-order valence-electron chi connectivity index (χ1n) is 9.91. The number of aromatic nitrogens is 1. The van der Waals surface area contributed by atoms with Crippen molar-refractivity contribution < 1.29 is 19.4 Å². The third-order valence-electron chi connectivity index (χ3n) is 4.61. The molecule has 0 saturated heterocycles. The van der Waals surface area contributed by atoms with Gasteiger partial charge in [0.25, 0.3) is 0 Å². The molecule has 2 aromatic carbocycles. The van der Waals surface area contributed by atoms with Crippen LogP contribution in [0.3, 0.4) is 0 Å². The molecule has 30 heavy (non-hydrogen) atoms. The van der Waals surface area contributed by atoms with Crippen molar-refractivity contribution in [2.75, 3.05) is 0 Å². The number of aromatic hydroxyl groups is 2. The molecule has 4 aromatic rings. The van der Waals surface area contributed by atoms with Gasteiger partial charge in [-0.25, -0.2) is 0 Å². The molecule has 5 nitrogen and oxygen atoms in total. The van der Waals surface area contributed by atoms with E-state index in [0.29, 0.717) is 0 Å². The molecule has 5 heteroatoms. The predicted octanol–water partition coefficient (Wildman–Crippen LogP) is 6.06. The number of Topliss-reactive ketones (excluding diaryl/α,β-unsaturated/α-hetero) is 1. The number of rotatable bonds is 4. The molecule has 0 amide bonds. The van der Waals surface area contributed by atoms with Crippen LogP contribution in [0.1, 0.15) is 41.8 Å². The molecule has 0 spiro atoms. The lowest BCUT2D eigenvalue weighted by atomic mass is 9.96. The number of hydrogen-bond donors (Lipinski definition) is 2. The molecule has 2 aromatic heterocycles. The maximum atomic E-state index is 12.5. The summed E-state index contributed by atoms with van der Waals surface area (Å²) in [5, 5.41) is 20.2. The van der Waals surface area contributed by atoms with Gasteiger partial charge < -0.3 is 14.6 Å². The van der Waals surface area contributed by atoms with E-state index in [1.165, 1.54) is 24.6 Å². The monoisotopic (exact) mass is 403 g/mol. The Hall–Kier alpha value is -3.60.